The minimum absolute atomic E-state index is 0.691. The standard InChI is InChI=1S/C12H17N5/c1-9-5-11(13)12(15-6-9)14-4-3-10-7-16-17(2)8-10/h5-8H,3-4,13H2,1-2H3,(H,14,15). The summed E-state index contributed by atoms with van der Waals surface area (Å²) in [7, 11) is 1.91. The van der Waals surface area contributed by atoms with E-state index in [1.165, 1.54) is 5.56 Å². The van der Waals surface area contributed by atoms with E-state index < -0.39 is 0 Å². The zero-order chi connectivity index (χ0) is 12.3. The topological polar surface area (TPSA) is 68.8 Å². The van der Waals surface area contributed by atoms with E-state index in [2.05, 4.69) is 15.4 Å². The highest BCUT2D eigenvalue weighted by atomic mass is 15.2. The van der Waals surface area contributed by atoms with Crippen molar-refractivity contribution in [1.82, 2.24) is 14.8 Å². The summed E-state index contributed by atoms with van der Waals surface area (Å²) >= 11 is 0. The minimum Gasteiger partial charge on any atom is -0.396 e. The predicted molar refractivity (Wildman–Crippen MR) is 68.8 cm³/mol. The predicted octanol–water partition coefficient (Wildman–Crippen LogP) is 1.36. The molecule has 90 valence electrons. The molecule has 0 radical (unpaired) electrons. The van der Waals surface area contributed by atoms with E-state index in [0.717, 1.165) is 24.3 Å². The van der Waals surface area contributed by atoms with Crippen LogP contribution < -0.4 is 11.1 Å². The van der Waals surface area contributed by atoms with Gasteiger partial charge in [0.1, 0.15) is 5.82 Å². The van der Waals surface area contributed by atoms with Crippen LogP contribution in [0.1, 0.15) is 11.1 Å². The van der Waals surface area contributed by atoms with E-state index in [9.17, 15) is 0 Å². The summed E-state index contributed by atoms with van der Waals surface area (Å²) in [5.41, 5.74) is 8.82. The summed E-state index contributed by atoms with van der Waals surface area (Å²) in [6.07, 6.45) is 6.59. The quantitative estimate of drug-likeness (QED) is 0.833. The fourth-order valence-corrected chi connectivity index (χ4v) is 1.67. The normalized spacial score (nSPS) is 10.5. The van der Waals surface area contributed by atoms with Crippen molar-refractivity contribution in [2.75, 3.05) is 17.6 Å². The van der Waals surface area contributed by atoms with Crippen LogP contribution in [0.15, 0.2) is 24.7 Å². The Morgan fingerprint density at radius 1 is 1.41 bits per heavy atom. The summed E-state index contributed by atoms with van der Waals surface area (Å²) in [6.45, 7) is 2.77. The largest absolute Gasteiger partial charge is 0.396 e. The van der Waals surface area contributed by atoms with Crippen LogP contribution in [0.2, 0.25) is 0 Å². The lowest BCUT2D eigenvalue weighted by molar-refractivity contribution is 0.767. The number of hydrogen-bond donors (Lipinski definition) is 2. The van der Waals surface area contributed by atoms with Gasteiger partial charge in [0, 0.05) is 26.0 Å². The summed E-state index contributed by atoms with van der Waals surface area (Å²) in [4.78, 5) is 4.26. The average molecular weight is 231 g/mol. The fourth-order valence-electron chi connectivity index (χ4n) is 1.67. The van der Waals surface area contributed by atoms with E-state index >= 15 is 0 Å². The van der Waals surface area contributed by atoms with Crippen molar-refractivity contribution in [1.29, 1.82) is 0 Å². The number of nitrogens with one attached hydrogen (secondary N) is 1. The molecule has 0 unspecified atom stereocenters. The van der Waals surface area contributed by atoms with Gasteiger partial charge in [-0.1, -0.05) is 0 Å². The van der Waals surface area contributed by atoms with Gasteiger partial charge in [0.05, 0.1) is 11.9 Å². The molecule has 0 aliphatic heterocycles. The van der Waals surface area contributed by atoms with Crippen molar-refractivity contribution in [2.24, 2.45) is 7.05 Å². The number of pyridine rings is 1. The van der Waals surface area contributed by atoms with Crippen molar-refractivity contribution in [3.05, 3.63) is 35.8 Å². The minimum atomic E-state index is 0.691. The molecule has 0 aliphatic carbocycles. The number of hydrogen-bond acceptors (Lipinski definition) is 4. The van der Waals surface area contributed by atoms with Gasteiger partial charge in [-0.05, 0) is 30.5 Å². The number of aromatic nitrogens is 3. The average Bonchev–Trinajstić information content (AvgIpc) is 2.68. The lowest BCUT2D eigenvalue weighted by atomic mass is 10.2. The first-order chi connectivity index (χ1) is 8.15. The Balaban J connectivity index is 1.90. The molecule has 0 aliphatic rings. The first-order valence-corrected chi connectivity index (χ1v) is 5.58. The van der Waals surface area contributed by atoms with Crippen molar-refractivity contribution < 1.29 is 0 Å². The Labute approximate surface area is 101 Å². The molecule has 5 heteroatoms. The number of aryl methyl sites for hydroxylation is 2. The van der Waals surface area contributed by atoms with E-state index in [1.807, 2.05) is 38.6 Å². The van der Waals surface area contributed by atoms with Crippen molar-refractivity contribution in [2.45, 2.75) is 13.3 Å². The maximum absolute atomic E-state index is 5.86. The Kier molecular flexibility index (Phi) is 3.27. The third-order valence-corrected chi connectivity index (χ3v) is 2.52. The summed E-state index contributed by atoms with van der Waals surface area (Å²) in [6, 6.07) is 1.92. The van der Waals surface area contributed by atoms with E-state index in [0.29, 0.717) is 5.69 Å². The third-order valence-electron chi connectivity index (χ3n) is 2.52. The summed E-state index contributed by atoms with van der Waals surface area (Å²) in [5, 5.41) is 7.34. The van der Waals surface area contributed by atoms with Crippen LogP contribution in [0.5, 0.6) is 0 Å². The van der Waals surface area contributed by atoms with Gasteiger partial charge < -0.3 is 11.1 Å². The molecule has 2 aromatic rings. The molecule has 3 N–H and O–H groups in total. The molecule has 0 bridgehead atoms. The van der Waals surface area contributed by atoms with Crippen LogP contribution in [0.4, 0.5) is 11.5 Å². The second kappa shape index (κ2) is 4.86. The molecule has 2 rings (SSSR count). The lowest BCUT2D eigenvalue weighted by Gasteiger charge is -2.07. The number of anilines is 2. The van der Waals surface area contributed by atoms with Gasteiger partial charge in [-0.2, -0.15) is 5.10 Å². The van der Waals surface area contributed by atoms with Crippen LogP contribution in [-0.2, 0) is 13.5 Å². The van der Waals surface area contributed by atoms with Crippen molar-refractivity contribution in [3.8, 4) is 0 Å². The third kappa shape index (κ3) is 2.96. The molecule has 0 amide bonds. The second-order valence-corrected chi connectivity index (χ2v) is 4.15. The van der Waals surface area contributed by atoms with Gasteiger partial charge in [-0.25, -0.2) is 4.98 Å². The van der Waals surface area contributed by atoms with Gasteiger partial charge in [-0.3, -0.25) is 4.68 Å². The molecule has 2 aromatic heterocycles. The molecule has 2 heterocycles. The van der Waals surface area contributed by atoms with Gasteiger partial charge in [0.2, 0.25) is 0 Å². The van der Waals surface area contributed by atoms with Crippen LogP contribution >= 0.6 is 0 Å². The Bertz CT molecular complexity index is 503. The van der Waals surface area contributed by atoms with E-state index in [1.54, 1.807) is 4.68 Å². The molecule has 0 saturated carbocycles. The molecule has 17 heavy (non-hydrogen) atoms. The highest BCUT2D eigenvalue weighted by Crippen LogP contribution is 2.15. The second-order valence-electron chi connectivity index (χ2n) is 4.15. The Morgan fingerprint density at radius 2 is 2.24 bits per heavy atom. The van der Waals surface area contributed by atoms with Gasteiger partial charge in [-0.15, -0.1) is 0 Å². The fraction of sp³-hybridized carbons (Fsp3) is 0.333. The molecule has 0 saturated heterocycles. The Hall–Kier alpha value is -2.04. The summed E-state index contributed by atoms with van der Waals surface area (Å²) < 4.78 is 1.80. The molecular formula is C12H17N5. The van der Waals surface area contributed by atoms with Gasteiger partial charge >= 0.3 is 0 Å². The van der Waals surface area contributed by atoms with Crippen molar-refractivity contribution in [3.63, 3.8) is 0 Å². The first-order valence-electron chi connectivity index (χ1n) is 5.58. The molecule has 0 spiro atoms. The molecule has 0 atom stereocenters. The Morgan fingerprint density at radius 3 is 2.88 bits per heavy atom. The highest BCUT2D eigenvalue weighted by Gasteiger charge is 2.01. The van der Waals surface area contributed by atoms with E-state index in [4.69, 9.17) is 5.73 Å². The van der Waals surface area contributed by atoms with Crippen molar-refractivity contribution >= 4 is 11.5 Å². The highest BCUT2D eigenvalue weighted by molar-refractivity contribution is 5.61. The number of nitrogen functional groups attached to an aromatic ring is 1. The number of nitrogens with zero attached hydrogens (tertiary/aromatic N) is 3. The maximum Gasteiger partial charge on any atom is 0.149 e. The van der Waals surface area contributed by atoms with Crippen LogP contribution in [0.25, 0.3) is 0 Å². The number of nitrogens with two attached hydrogens (primary N) is 1. The zero-order valence-electron chi connectivity index (χ0n) is 10.1. The lowest BCUT2D eigenvalue weighted by Crippen LogP contribution is -2.08. The van der Waals surface area contributed by atoms with E-state index in [-0.39, 0.29) is 0 Å². The summed E-state index contributed by atoms with van der Waals surface area (Å²) in [5.74, 6) is 0.750. The maximum atomic E-state index is 5.86. The molecule has 0 aromatic carbocycles. The van der Waals surface area contributed by atoms with Gasteiger partial charge in [0.15, 0.2) is 0 Å². The molecule has 0 fully saturated rings. The monoisotopic (exact) mass is 231 g/mol. The first kappa shape index (κ1) is 11.4. The zero-order valence-corrected chi connectivity index (χ0v) is 10.1. The number of rotatable bonds is 4. The van der Waals surface area contributed by atoms with Crippen LogP contribution in [-0.4, -0.2) is 21.3 Å². The van der Waals surface area contributed by atoms with Crippen LogP contribution in [0, 0.1) is 6.92 Å². The van der Waals surface area contributed by atoms with Crippen LogP contribution in [0.3, 0.4) is 0 Å². The SMILES string of the molecule is Cc1cnc(NCCc2cnn(C)c2)c(N)c1. The smallest absolute Gasteiger partial charge is 0.149 e. The molecular weight excluding hydrogens is 214 g/mol. The molecule has 5 nitrogen and oxygen atoms in total. The van der Waals surface area contributed by atoms with Gasteiger partial charge in [0.25, 0.3) is 0 Å².